The molecular formula is C17H16FN3O2. The molecule has 1 heterocycles. The van der Waals surface area contributed by atoms with Crippen LogP contribution in [0.5, 0.6) is 0 Å². The lowest BCUT2D eigenvalue weighted by Gasteiger charge is -2.14. The molecule has 3 rings (SSSR count). The van der Waals surface area contributed by atoms with Gasteiger partial charge in [-0.3, -0.25) is 0 Å². The number of hydrogen-bond acceptors (Lipinski definition) is 4. The second-order valence-electron chi connectivity index (χ2n) is 5.55. The van der Waals surface area contributed by atoms with E-state index in [4.69, 9.17) is 10.00 Å². The topological polar surface area (TPSA) is 67.9 Å². The van der Waals surface area contributed by atoms with Crippen molar-refractivity contribution >= 4 is 5.97 Å². The van der Waals surface area contributed by atoms with Crippen LogP contribution in [0.25, 0.3) is 5.69 Å². The van der Waals surface area contributed by atoms with Crippen molar-refractivity contribution in [2.75, 3.05) is 0 Å². The monoisotopic (exact) mass is 313 g/mol. The Bertz CT molecular complexity index is 774. The highest BCUT2D eigenvalue weighted by Crippen LogP contribution is 2.27. The van der Waals surface area contributed by atoms with Crippen molar-refractivity contribution in [3.63, 3.8) is 0 Å². The maximum absolute atomic E-state index is 13.1. The lowest BCUT2D eigenvalue weighted by Crippen LogP contribution is -2.15. The maximum atomic E-state index is 13.1. The van der Waals surface area contributed by atoms with E-state index in [1.807, 2.05) is 6.07 Å². The van der Waals surface area contributed by atoms with Crippen LogP contribution < -0.4 is 0 Å². The number of carbonyl (C=O) groups is 1. The Kier molecular flexibility index (Phi) is 4.11. The number of nitriles is 1. The number of ether oxygens (including phenoxy) is 1. The highest BCUT2D eigenvalue weighted by molar-refractivity contribution is 5.89. The molecule has 0 radical (unpaired) electrons. The van der Waals surface area contributed by atoms with Gasteiger partial charge in [0.15, 0.2) is 11.8 Å². The van der Waals surface area contributed by atoms with E-state index in [1.165, 1.54) is 19.1 Å². The average molecular weight is 313 g/mol. The molecule has 0 fully saturated rings. The zero-order chi connectivity index (χ0) is 16.4. The molecule has 1 atom stereocenters. The van der Waals surface area contributed by atoms with Gasteiger partial charge in [-0.25, -0.2) is 13.9 Å². The SMILES string of the molecule is CC(C#N)OC(=O)c1nn(-c2ccc(F)cc2)c2c1CCCC2. The van der Waals surface area contributed by atoms with Gasteiger partial charge in [-0.1, -0.05) is 0 Å². The molecule has 1 aliphatic rings. The number of halogens is 1. The third-order valence-electron chi connectivity index (χ3n) is 3.91. The van der Waals surface area contributed by atoms with Gasteiger partial charge in [-0.2, -0.15) is 10.4 Å². The predicted octanol–water partition coefficient (Wildman–Crippen LogP) is 2.96. The summed E-state index contributed by atoms with van der Waals surface area (Å²) < 4.78 is 19.9. The van der Waals surface area contributed by atoms with Crippen LogP contribution in [-0.2, 0) is 17.6 Å². The first-order valence-corrected chi connectivity index (χ1v) is 7.57. The predicted molar refractivity (Wildman–Crippen MR) is 80.7 cm³/mol. The van der Waals surface area contributed by atoms with Crippen LogP contribution in [0.15, 0.2) is 24.3 Å². The first kappa shape index (κ1) is 15.2. The van der Waals surface area contributed by atoms with Crippen molar-refractivity contribution in [2.45, 2.75) is 38.7 Å². The van der Waals surface area contributed by atoms with E-state index in [0.717, 1.165) is 36.9 Å². The Balaban J connectivity index is 2.03. The van der Waals surface area contributed by atoms with E-state index >= 15 is 0 Å². The third kappa shape index (κ3) is 2.95. The van der Waals surface area contributed by atoms with Gasteiger partial charge in [0.2, 0.25) is 0 Å². The summed E-state index contributed by atoms with van der Waals surface area (Å²) in [6, 6.07) is 7.86. The zero-order valence-corrected chi connectivity index (χ0v) is 12.8. The first-order chi connectivity index (χ1) is 11.1. The molecule has 0 saturated heterocycles. The summed E-state index contributed by atoms with van der Waals surface area (Å²) in [5.41, 5.74) is 2.79. The molecule has 1 aromatic carbocycles. The fourth-order valence-corrected chi connectivity index (χ4v) is 2.80. The summed E-state index contributed by atoms with van der Waals surface area (Å²) in [7, 11) is 0. The second kappa shape index (κ2) is 6.21. The van der Waals surface area contributed by atoms with E-state index in [-0.39, 0.29) is 11.5 Å². The standard InChI is InChI=1S/C17H16FN3O2/c1-11(10-19)23-17(22)16-14-4-2-3-5-15(14)21(20-16)13-8-6-12(18)7-9-13/h6-9,11H,2-5H2,1H3. The van der Waals surface area contributed by atoms with Gasteiger partial charge in [0.25, 0.3) is 0 Å². The summed E-state index contributed by atoms with van der Waals surface area (Å²) in [5.74, 6) is -0.907. The fourth-order valence-electron chi connectivity index (χ4n) is 2.80. The molecule has 5 nitrogen and oxygen atoms in total. The number of rotatable bonds is 3. The number of fused-ring (bicyclic) bond motifs is 1. The number of aromatic nitrogens is 2. The van der Waals surface area contributed by atoms with Gasteiger partial charge >= 0.3 is 5.97 Å². The maximum Gasteiger partial charge on any atom is 0.360 e. The highest BCUT2D eigenvalue weighted by atomic mass is 19.1. The van der Waals surface area contributed by atoms with Gasteiger partial charge in [0.05, 0.1) is 5.69 Å². The number of esters is 1. The van der Waals surface area contributed by atoms with Crippen molar-refractivity contribution in [1.29, 1.82) is 5.26 Å². The van der Waals surface area contributed by atoms with Crippen LogP contribution in [0, 0.1) is 17.1 Å². The van der Waals surface area contributed by atoms with E-state index in [2.05, 4.69) is 5.10 Å². The molecular weight excluding hydrogens is 297 g/mol. The summed E-state index contributed by atoms with van der Waals surface area (Å²) >= 11 is 0. The third-order valence-corrected chi connectivity index (χ3v) is 3.91. The molecule has 0 saturated carbocycles. The Hall–Kier alpha value is -2.68. The van der Waals surface area contributed by atoms with Crippen LogP contribution >= 0.6 is 0 Å². The van der Waals surface area contributed by atoms with Crippen LogP contribution in [0.3, 0.4) is 0 Å². The largest absolute Gasteiger partial charge is 0.442 e. The summed E-state index contributed by atoms with van der Waals surface area (Å²) in [5, 5.41) is 13.2. The quantitative estimate of drug-likeness (QED) is 0.817. The molecule has 2 aromatic rings. The Morgan fingerprint density at radius 2 is 2.04 bits per heavy atom. The molecule has 0 aliphatic heterocycles. The van der Waals surface area contributed by atoms with Crippen LogP contribution in [0.4, 0.5) is 4.39 Å². The van der Waals surface area contributed by atoms with Crippen molar-refractivity contribution in [1.82, 2.24) is 9.78 Å². The van der Waals surface area contributed by atoms with Crippen molar-refractivity contribution in [3.8, 4) is 11.8 Å². The Labute approximate surface area is 133 Å². The van der Waals surface area contributed by atoms with Crippen LogP contribution in [0.1, 0.15) is 41.5 Å². The molecule has 118 valence electrons. The average Bonchev–Trinajstić information content (AvgIpc) is 2.95. The Morgan fingerprint density at radius 1 is 1.35 bits per heavy atom. The Morgan fingerprint density at radius 3 is 2.74 bits per heavy atom. The van der Waals surface area contributed by atoms with Crippen LogP contribution in [0.2, 0.25) is 0 Å². The first-order valence-electron chi connectivity index (χ1n) is 7.57. The minimum absolute atomic E-state index is 0.256. The summed E-state index contributed by atoms with van der Waals surface area (Å²) in [4.78, 5) is 12.3. The van der Waals surface area contributed by atoms with E-state index in [1.54, 1.807) is 16.8 Å². The van der Waals surface area contributed by atoms with E-state index in [0.29, 0.717) is 5.69 Å². The lowest BCUT2D eigenvalue weighted by atomic mass is 9.95. The van der Waals surface area contributed by atoms with Gasteiger partial charge in [0, 0.05) is 11.3 Å². The lowest BCUT2D eigenvalue weighted by molar-refractivity contribution is 0.0426. The molecule has 0 bridgehead atoms. The van der Waals surface area contributed by atoms with Crippen molar-refractivity contribution in [3.05, 3.63) is 47.0 Å². The van der Waals surface area contributed by atoms with Crippen LogP contribution in [-0.4, -0.2) is 21.9 Å². The fraction of sp³-hybridized carbons (Fsp3) is 0.353. The highest BCUT2D eigenvalue weighted by Gasteiger charge is 2.27. The number of nitrogens with zero attached hydrogens (tertiary/aromatic N) is 3. The second-order valence-corrected chi connectivity index (χ2v) is 5.55. The number of benzene rings is 1. The van der Waals surface area contributed by atoms with E-state index in [9.17, 15) is 9.18 Å². The van der Waals surface area contributed by atoms with E-state index < -0.39 is 12.1 Å². The molecule has 1 unspecified atom stereocenters. The summed E-state index contributed by atoms with van der Waals surface area (Å²) in [6.07, 6.45) is 2.74. The molecule has 1 aliphatic carbocycles. The normalized spacial score (nSPS) is 14.7. The van der Waals surface area contributed by atoms with Gasteiger partial charge in [0.1, 0.15) is 11.9 Å². The molecule has 6 heteroatoms. The molecule has 0 amide bonds. The zero-order valence-electron chi connectivity index (χ0n) is 12.8. The molecule has 0 N–H and O–H groups in total. The molecule has 23 heavy (non-hydrogen) atoms. The molecule has 1 aromatic heterocycles. The van der Waals surface area contributed by atoms with Crippen molar-refractivity contribution in [2.24, 2.45) is 0 Å². The van der Waals surface area contributed by atoms with Gasteiger partial charge < -0.3 is 4.74 Å². The number of carbonyl (C=O) groups excluding carboxylic acids is 1. The minimum atomic E-state index is -0.822. The van der Waals surface area contributed by atoms with Crippen molar-refractivity contribution < 1.29 is 13.9 Å². The smallest absolute Gasteiger partial charge is 0.360 e. The van der Waals surface area contributed by atoms with Gasteiger partial charge in [-0.15, -0.1) is 0 Å². The molecule has 0 spiro atoms. The minimum Gasteiger partial charge on any atom is -0.442 e. The van der Waals surface area contributed by atoms with Gasteiger partial charge in [-0.05, 0) is 56.9 Å². The summed E-state index contributed by atoms with van der Waals surface area (Å²) in [6.45, 7) is 1.52. The number of hydrogen-bond donors (Lipinski definition) is 0.